The molecule has 0 unspecified atom stereocenters. The van der Waals surface area contributed by atoms with Crippen LogP contribution < -0.4 is 4.90 Å². The van der Waals surface area contributed by atoms with Gasteiger partial charge in [0.15, 0.2) is 11.5 Å². The van der Waals surface area contributed by atoms with Gasteiger partial charge in [-0.1, -0.05) is 20.8 Å². The third-order valence-electron chi connectivity index (χ3n) is 5.58. The molecule has 6 heteroatoms. The van der Waals surface area contributed by atoms with E-state index >= 15 is 0 Å². The van der Waals surface area contributed by atoms with Gasteiger partial charge in [0, 0.05) is 26.7 Å². The second kappa shape index (κ2) is 5.15. The first-order chi connectivity index (χ1) is 11.3. The second-order valence-corrected chi connectivity index (χ2v) is 8.74. The van der Waals surface area contributed by atoms with Crippen LogP contribution in [0.15, 0.2) is 6.20 Å². The average Bonchev–Trinajstić information content (AvgIpc) is 2.95. The van der Waals surface area contributed by atoms with Gasteiger partial charge in [-0.15, -0.1) is 0 Å². The molecule has 24 heavy (non-hydrogen) atoms. The van der Waals surface area contributed by atoms with E-state index in [0.29, 0.717) is 23.5 Å². The Morgan fingerprint density at radius 3 is 2.79 bits per heavy atom. The lowest BCUT2D eigenvalue weighted by Crippen LogP contribution is -2.35. The van der Waals surface area contributed by atoms with Crippen molar-refractivity contribution in [2.24, 2.45) is 17.9 Å². The molecule has 0 amide bonds. The topological polar surface area (TPSA) is 56.1 Å². The van der Waals surface area contributed by atoms with Crippen molar-refractivity contribution >= 4 is 16.9 Å². The zero-order valence-electron chi connectivity index (χ0n) is 15.3. The van der Waals surface area contributed by atoms with Crippen LogP contribution in [0.2, 0.25) is 0 Å². The Hall–Kier alpha value is -1.69. The molecule has 6 nitrogen and oxygen atoms in total. The molecule has 4 rings (SSSR count). The number of anilines is 1. The number of aryl methyl sites for hydroxylation is 1. The van der Waals surface area contributed by atoms with Crippen LogP contribution in [0.1, 0.15) is 45.9 Å². The van der Waals surface area contributed by atoms with E-state index in [4.69, 9.17) is 9.72 Å². The van der Waals surface area contributed by atoms with E-state index < -0.39 is 0 Å². The molecule has 130 valence electrons. The quantitative estimate of drug-likeness (QED) is 0.866. The highest BCUT2D eigenvalue weighted by atomic mass is 16.5. The van der Waals surface area contributed by atoms with Crippen LogP contribution in [-0.2, 0) is 18.4 Å². The standard InChI is InChI=1S/C18H27N5O/c1-17(2)6-12-7-18(3,10-17)11-23(12)16-13-8-19-22(4)15(13)20-14(21-16)9-24-5/h8,12H,6-7,9-11H2,1-5H3/t12-,18-/m1/s1. The lowest BCUT2D eigenvalue weighted by atomic mass is 9.65. The monoisotopic (exact) mass is 329 g/mol. The largest absolute Gasteiger partial charge is 0.377 e. The van der Waals surface area contributed by atoms with E-state index in [2.05, 4.69) is 35.8 Å². The Balaban J connectivity index is 1.82. The molecule has 2 fully saturated rings. The van der Waals surface area contributed by atoms with Gasteiger partial charge in [0.1, 0.15) is 12.4 Å². The first-order valence-electron chi connectivity index (χ1n) is 8.74. The zero-order valence-corrected chi connectivity index (χ0v) is 15.3. The number of rotatable bonds is 3. The first kappa shape index (κ1) is 15.8. The van der Waals surface area contributed by atoms with Crippen LogP contribution in [-0.4, -0.2) is 39.4 Å². The van der Waals surface area contributed by atoms with Crippen molar-refractivity contribution < 1.29 is 4.74 Å². The molecule has 2 aliphatic rings. The zero-order chi connectivity index (χ0) is 17.1. The molecule has 1 aliphatic heterocycles. The highest BCUT2D eigenvalue weighted by Crippen LogP contribution is 2.53. The van der Waals surface area contributed by atoms with Gasteiger partial charge in [-0.05, 0) is 30.1 Å². The summed E-state index contributed by atoms with van der Waals surface area (Å²) in [4.78, 5) is 12.0. The minimum atomic E-state index is 0.368. The molecule has 0 radical (unpaired) electrons. The van der Waals surface area contributed by atoms with E-state index in [0.717, 1.165) is 29.2 Å². The van der Waals surface area contributed by atoms with Crippen molar-refractivity contribution in [3.63, 3.8) is 0 Å². The van der Waals surface area contributed by atoms with E-state index in [-0.39, 0.29) is 0 Å². The lowest BCUT2D eigenvalue weighted by molar-refractivity contribution is 0.136. The molecule has 0 N–H and O–H groups in total. The highest BCUT2D eigenvalue weighted by molar-refractivity contribution is 5.87. The molecule has 2 aromatic heterocycles. The van der Waals surface area contributed by atoms with E-state index in [1.165, 1.54) is 19.3 Å². The molecule has 2 aromatic rings. The van der Waals surface area contributed by atoms with Crippen molar-refractivity contribution in [2.45, 2.75) is 52.7 Å². The summed E-state index contributed by atoms with van der Waals surface area (Å²) >= 11 is 0. The summed E-state index contributed by atoms with van der Waals surface area (Å²) in [6.07, 6.45) is 5.64. The van der Waals surface area contributed by atoms with Crippen molar-refractivity contribution in [3.05, 3.63) is 12.0 Å². The minimum Gasteiger partial charge on any atom is -0.377 e. The van der Waals surface area contributed by atoms with Gasteiger partial charge in [0.25, 0.3) is 0 Å². The van der Waals surface area contributed by atoms with Gasteiger partial charge in [-0.2, -0.15) is 5.10 Å². The Morgan fingerprint density at radius 1 is 1.25 bits per heavy atom. The van der Waals surface area contributed by atoms with Gasteiger partial charge in [0.05, 0.1) is 11.6 Å². The van der Waals surface area contributed by atoms with Gasteiger partial charge < -0.3 is 9.64 Å². The molecule has 2 atom stereocenters. The molecule has 3 heterocycles. The number of aromatic nitrogens is 4. The molecule has 2 bridgehead atoms. The van der Waals surface area contributed by atoms with Gasteiger partial charge >= 0.3 is 0 Å². The summed E-state index contributed by atoms with van der Waals surface area (Å²) in [6, 6.07) is 0.549. The highest BCUT2D eigenvalue weighted by Gasteiger charge is 2.50. The Bertz CT molecular complexity index is 783. The Labute approximate surface area is 143 Å². The molecule has 1 saturated heterocycles. The van der Waals surface area contributed by atoms with E-state index in [1.807, 2.05) is 17.9 Å². The first-order valence-corrected chi connectivity index (χ1v) is 8.74. The van der Waals surface area contributed by atoms with E-state index in [9.17, 15) is 0 Å². The van der Waals surface area contributed by atoms with Crippen LogP contribution in [0, 0.1) is 10.8 Å². The maximum absolute atomic E-state index is 5.28. The van der Waals surface area contributed by atoms with Crippen LogP contribution in [0.5, 0.6) is 0 Å². The number of hydrogen-bond donors (Lipinski definition) is 0. The third kappa shape index (κ3) is 2.48. The number of nitrogens with zero attached hydrogens (tertiary/aromatic N) is 5. The smallest absolute Gasteiger partial charge is 0.163 e. The van der Waals surface area contributed by atoms with Gasteiger partial charge in [-0.3, -0.25) is 4.68 Å². The molecule has 0 spiro atoms. The van der Waals surface area contributed by atoms with Gasteiger partial charge in [-0.25, -0.2) is 9.97 Å². The molecule has 1 saturated carbocycles. The second-order valence-electron chi connectivity index (χ2n) is 8.74. The van der Waals surface area contributed by atoms with Crippen molar-refractivity contribution in [1.29, 1.82) is 0 Å². The number of ether oxygens (including phenoxy) is 1. The summed E-state index contributed by atoms with van der Waals surface area (Å²) < 4.78 is 7.10. The van der Waals surface area contributed by atoms with Crippen LogP contribution in [0.4, 0.5) is 5.82 Å². The van der Waals surface area contributed by atoms with Crippen molar-refractivity contribution in [1.82, 2.24) is 19.7 Å². The summed E-state index contributed by atoms with van der Waals surface area (Å²) in [6.45, 7) is 8.72. The van der Waals surface area contributed by atoms with Gasteiger partial charge in [0.2, 0.25) is 0 Å². The fraction of sp³-hybridized carbons (Fsp3) is 0.722. The number of hydrogen-bond acceptors (Lipinski definition) is 5. The fourth-order valence-corrected chi connectivity index (χ4v) is 5.17. The molecular formula is C18H27N5O. The average molecular weight is 329 g/mol. The third-order valence-corrected chi connectivity index (χ3v) is 5.58. The summed E-state index contributed by atoms with van der Waals surface area (Å²) in [7, 11) is 3.62. The van der Waals surface area contributed by atoms with Crippen LogP contribution in [0.25, 0.3) is 11.0 Å². The number of fused-ring (bicyclic) bond motifs is 3. The Morgan fingerprint density at radius 2 is 2.04 bits per heavy atom. The normalized spacial score (nSPS) is 28.7. The summed E-state index contributed by atoms with van der Waals surface area (Å²) in [5.74, 6) is 1.76. The van der Waals surface area contributed by atoms with E-state index in [1.54, 1.807) is 7.11 Å². The van der Waals surface area contributed by atoms with Crippen LogP contribution in [0.3, 0.4) is 0 Å². The number of methoxy groups -OCH3 is 1. The summed E-state index contributed by atoms with van der Waals surface area (Å²) in [5, 5.41) is 5.45. The summed E-state index contributed by atoms with van der Waals surface area (Å²) in [5.41, 5.74) is 1.65. The molecule has 0 aromatic carbocycles. The van der Waals surface area contributed by atoms with Crippen molar-refractivity contribution in [3.8, 4) is 0 Å². The maximum atomic E-state index is 5.28. The maximum Gasteiger partial charge on any atom is 0.163 e. The lowest BCUT2D eigenvalue weighted by Gasteiger charge is -2.39. The minimum absolute atomic E-state index is 0.368. The molecular weight excluding hydrogens is 302 g/mol. The Kier molecular flexibility index (Phi) is 3.39. The predicted molar refractivity (Wildman–Crippen MR) is 93.9 cm³/mol. The molecule has 1 aliphatic carbocycles. The SMILES string of the molecule is COCc1nc(N2C[C@]3(C)C[C@H]2CC(C)(C)C3)c2cnn(C)c2n1. The predicted octanol–water partition coefficient (Wildman–Crippen LogP) is 2.91. The van der Waals surface area contributed by atoms with Crippen molar-refractivity contribution in [2.75, 3.05) is 18.6 Å². The van der Waals surface area contributed by atoms with Crippen LogP contribution >= 0.6 is 0 Å². The fourth-order valence-electron chi connectivity index (χ4n) is 5.17.